The van der Waals surface area contributed by atoms with Gasteiger partial charge in [-0.05, 0) is 56.1 Å². The predicted octanol–water partition coefficient (Wildman–Crippen LogP) is 4.97. The van der Waals surface area contributed by atoms with Crippen molar-refractivity contribution >= 4 is 72.4 Å². The van der Waals surface area contributed by atoms with Gasteiger partial charge in [-0.3, -0.25) is 4.79 Å². The number of halogens is 3. The van der Waals surface area contributed by atoms with Gasteiger partial charge < -0.3 is 10.1 Å². The molecule has 0 fully saturated rings. The lowest BCUT2D eigenvalue weighted by Gasteiger charge is -2.08. The molecule has 0 aliphatic carbocycles. The molecule has 0 aliphatic heterocycles. The number of thiophene rings is 1. The number of nitrogens with one attached hydrogen (secondary N) is 1. The second-order valence-electron chi connectivity index (χ2n) is 3.87. The molecule has 0 radical (unpaired) electrons. The molecule has 0 atom stereocenters. The number of amides is 1. The highest BCUT2D eigenvalue weighted by Gasteiger charge is 2.15. The molecule has 2 aromatic rings. The van der Waals surface area contributed by atoms with Gasteiger partial charge in [0.05, 0.1) is 32.0 Å². The maximum Gasteiger partial charge on any atom is 0.337 e. The van der Waals surface area contributed by atoms with Crippen molar-refractivity contribution < 1.29 is 14.3 Å². The minimum absolute atomic E-state index is 0.310. The van der Waals surface area contributed by atoms with E-state index in [1.807, 2.05) is 0 Å². The summed E-state index contributed by atoms with van der Waals surface area (Å²) in [6, 6.07) is 6.23. The van der Waals surface area contributed by atoms with Crippen LogP contribution in [-0.2, 0) is 4.74 Å². The van der Waals surface area contributed by atoms with Gasteiger partial charge in [0.25, 0.3) is 5.91 Å². The van der Waals surface area contributed by atoms with E-state index in [0.29, 0.717) is 21.2 Å². The van der Waals surface area contributed by atoms with Gasteiger partial charge in [0, 0.05) is 4.47 Å². The topological polar surface area (TPSA) is 55.4 Å². The fraction of sp³-hybridized carbons (Fsp3) is 0.0769. The number of esters is 1. The molecular formula is C13H8Br2ClNO3S. The first kappa shape index (κ1) is 16.5. The third-order valence-electron chi connectivity index (χ3n) is 2.50. The zero-order valence-corrected chi connectivity index (χ0v) is 15.3. The van der Waals surface area contributed by atoms with Gasteiger partial charge in [0.2, 0.25) is 0 Å². The van der Waals surface area contributed by atoms with Gasteiger partial charge in [-0.15, -0.1) is 11.3 Å². The summed E-state index contributed by atoms with van der Waals surface area (Å²) < 4.78 is 6.25. The van der Waals surface area contributed by atoms with E-state index >= 15 is 0 Å². The van der Waals surface area contributed by atoms with E-state index in [1.165, 1.54) is 36.6 Å². The normalized spacial score (nSPS) is 10.3. The predicted molar refractivity (Wildman–Crippen MR) is 90.5 cm³/mol. The Morgan fingerprint density at radius 3 is 2.57 bits per heavy atom. The fourth-order valence-electron chi connectivity index (χ4n) is 1.51. The van der Waals surface area contributed by atoms with E-state index in [4.69, 9.17) is 11.6 Å². The molecule has 1 aromatic heterocycles. The van der Waals surface area contributed by atoms with Crippen molar-refractivity contribution in [2.24, 2.45) is 0 Å². The summed E-state index contributed by atoms with van der Waals surface area (Å²) in [5.74, 6) is -0.806. The zero-order valence-electron chi connectivity index (χ0n) is 10.6. The molecule has 110 valence electrons. The summed E-state index contributed by atoms with van der Waals surface area (Å²) in [4.78, 5) is 24.2. The van der Waals surface area contributed by atoms with Crippen LogP contribution < -0.4 is 5.32 Å². The van der Waals surface area contributed by atoms with Gasteiger partial charge in [-0.1, -0.05) is 11.6 Å². The van der Waals surface area contributed by atoms with E-state index in [2.05, 4.69) is 41.9 Å². The first-order chi connectivity index (χ1) is 9.92. The number of ether oxygens (including phenoxy) is 1. The molecule has 0 unspecified atom stereocenters. The molecule has 4 nitrogen and oxygen atoms in total. The van der Waals surface area contributed by atoms with Crippen LogP contribution in [-0.4, -0.2) is 19.0 Å². The number of hydrogen-bond donors (Lipinski definition) is 1. The molecule has 0 spiro atoms. The minimum Gasteiger partial charge on any atom is -0.465 e. The number of hydrogen-bond acceptors (Lipinski definition) is 4. The lowest BCUT2D eigenvalue weighted by molar-refractivity contribution is 0.0600. The first-order valence-electron chi connectivity index (χ1n) is 5.56. The Morgan fingerprint density at radius 1 is 1.29 bits per heavy atom. The van der Waals surface area contributed by atoms with Crippen LogP contribution >= 0.6 is 54.8 Å². The van der Waals surface area contributed by atoms with Crippen LogP contribution in [0.15, 0.2) is 32.5 Å². The molecule has 1 N–H and O–H groups in total. The average molecular weight is 454 g/mol. The van der Waals surface area contributed by atoms with E-state index in [9.17, 15) is 9.59 Å². The quantitative estimate of drug-likeness (QED) is 0.668. The van der Waals surface area contributed by atoms with E-state index < -0.39 is 5.97 Å². The Morgan fingerprint density at radius 2 is 2.00 bits per heavy atom. The van der Waals surface area contributed by atoms with Crippen LogP contribution in [0, 0.1) is 0 Å². The monoisotopic (exact) mass is 451 g/mol. The third kappa shape index (κ3) is 3.85. The summed E-state index contributed by atoms with van der Waals surface area (Å²) >= 11 is 14.0. The molecule has 0 aliphatic rings. The van der Waals surface area contributed by atoms with E-state index in [-0.39, 0.29) is 5.91 Å². The molecule has 1 aromatic carbocycles. The standard InChI is InChI=1S/C13H8Br2ClNO3S/c1-20-13(19)6-2-3-8(16)9(4-6)17-12(18)10-5-7(14)11(15)21-10/h2-5H,1H3,(H,17,18). The molecule has 0 bridgehead atoms. The maximum absolute atomic E-state index is 12.2. The minimum atomic E-state index is -0.497. The van der Waals surface area contributed by atoms with Crippen LogP contribution in [0.2, 0.25) is 5.02 Å². The Labute approximate surface area is 146 Å². The second kappa shape index (κ2) is 6.91. The molecule has 0 saturated carbocycles. The first-order valence-corrected chi connectivity index (χ1v) is 8.34. The fourth-order valence-corrected chi connectivity index (χ4v) is 3.60. The van der Waals surface area contributed by atoms with Crippen LogP contribution in [0.5, 0.6) is 0 Å². The van der Waals surface area contributed by atoms with Crippen molar-refractivity contribution in [3.63, 3.8) is 0 Å². The van der Waals surface area contributed by atoms with Crippen molar-refractivity contribution in [3.8, 4) is 0 Å². The lowest BCUT2D eigenvalue weighted by atomic mass is 10.2. The second-order valence-corrected chi connectivity index (χ2v) is 7.50. The van der Waals surface area contributed by atoms with Crippen molar-refractivity contribution in [1.29, 1.82) is 0 Å². The van der Waals surface area contributed by atoms with E-state index in [1.54, 1.807) is 6.07 Å². The number of anilines is 1. The zero-order chi connectivity index (χ0) is 15.6. The van der Waals surface area contributed by atoms with Crippen molar-refractivity contribution in [3.05, 3.63) is 48.0 Å². The summed E-state index contributed by atoms with van der Waals surface area (Å²) in [6.07, 6.45) is 0. The maximum atomic E-state index is 12.2. The summed E-state index contributed by atoms with van der Waals surface area (Å²) in [5, 5.41) is 3.02. The highest BCUT2D eigenvalue weighted by Crippen LogP contribution is 2.33. The SMILES string of the molecule is COC(=O)c1ccc(Cl)c(NC(=O)c2cc(Br)c(Br)s2)c1. The van der Waals surface area contributed by atoms with Gasteiger partial charge in [-0.25, -0.2) is 4.79 Å². The number of carbonyl (C=O) groups excluding carboxylic acids is 2. The van der Waals surface area contributed by atoms with Gasteiger partial charge in [0.1, 0.15) is 0 Å². The van der Waals surface area contributed by atoms with Gasteiger partial charge in [-0.2, -0.15) is 0 Å². The Hall–Kier alpha value is -0.890. The summed E-state index contributed by atoms with van der Waals surface area (Å²) in [7, 11) is 1.29. The highest BCUT2D eigenvalue weighted by molar-refractivity contribution is 9.13. The molecule has 2 rings (SSSR count). The molecular weight excluding hydrogens is 445 g/mol. The van der Waals surface area contributed by atoms with Gasteiger partial charge in [0.15, 0.2) is 0 Å². The molecule has 1 heterocycles. The van der Waals surface area contributed by atoms with Gasteiger partial charge >= 0.3 is 5.97 Å². The molecule has 1 amide bonds. The summed E-state index contributed by atoms with van der Waals surface area (Å²) in [6.45, 7) is 0. The van der Waals surface area contributed by atoms with Crippen LogP contribution in [0.4, 0.5) is 5.69 Å². The largest absolute Gasteiger partial charge is 0.465 e. The lowest BCUT2D eigenvalue weighted by Crippen LogP contribution is -2.11. The number of methoxy groups -OCH3 is 1. The number of rotatable bonds is 3. The Kier molecular flexibility index (Phi) is 5.43. The Balaban J connectivity index is 2.26. The molecule has 21 heavy (non-hydrogen) atoms. The molecule has 8 heteroatoms. The Bertz CT molecular complexity index is 698. The van der Waals surface area contributed by atoms with Crippen molar-refractivity contribution in [2.45, 2.75) is 0 Å². The van der Waals surface area contributed by atoms with Crippen molar-refractivity contribution in [2.75, 3.05) is 12.4 Å². The highest BCUT2D eigenvalue weighted by atomic mass is 79.9. The summed E-state index contributed by atoms with van der Waals surface area (Å²) in [5.41, 5.74) is 0.663. The third-order valence-corrected chi connectivity index (χ3v) is 6.09. The van der Waals surface area contributed by atoms with E-state index in [0.717, 1.165) is 8.26 Å². The number of carbonyl (C=O) groups is 2. The van der Waals surface area contributed by atoms with Crippen LogP contribution in [0.25, 0.3) is 0 Å². The van der Waals surface area contributed by atoms with Crippen molar-refractivity contribution in [1.82, 2.24) is 0 Å². The average Bonchev–Trinajstić information content (AvgIpc) is 2.80. The van der Waals surface area contributed by atoms with Crippen LogP contribution in [0.1, 0.15) is 20.0 Å². The number of benzene rings is 1. The smallest absolute Gasteiger partial charge is 0.337 e. The van der Waals surface area contributed by atoms with Crippen LogP contribution in [0.3, 0.4) is 0 Å². The molecule has 0 saturated heterocycles.